The largest absolute Gasteiger partial charge is 0.363 e. The third-order valence-electron chi connectivity index (χ3n) is 4.68. The number of aromatic nitrogens is 2. The molecule has 0 bridgehead atoms. The molecule has 0 unspecified atom stereocenters. The van der Waals surface area contributed by atoms with Crippen LogP contribution in [-0.2, 0) is 11.2 Å². The molecule has 1 aliphatic heterocycles. The highest BCUT2D eigenvalue weighted by Gasteiger charge is 2.29. The summed E-state index contributed by atoms with van der Waals surface area (Å²) in [6, 6.07) is 6.78. The number of likely N-dealkylation sites (tertiary alicyclic amines) is 1. The van der Waals surface area contributed by atoms with Crippen LogP contribution < -0.4 is 5.32 Å². The number of hydrogen-bond acceptors (Lipinski definition) is 5. The van der Waals surface area contributed by atoms with E-state index in [1.165, 1.54) is 12.7 Å². The Labute approximate surface area is 148 Å². The van der Waals surface area contributed by atoms with Gasteiger partial charge < -0.3 is 9.84 Å². The fourth-order valence-electron chi connectivity index (χ4n) is 3.55. The Balaban J connectivity index is 1.66. The first kappa shape index (κ1) is 17.6. The van der Waals surface area contributed by atoms with Gasteiger partial charge in [-0.25, -0.2) is 0 Å². The SMILES string of the molecule is Cc1cc(CCC(=O)Nc2ccon2)cc([C@@H]2CCCN2C(C)C)n1. The van der Waals surface area contributed by atoms with Crippen LogP contribution in [0.1, 0.15) is 56.1 Å². The van der Waals surface area contributed by atoms with Gasteiger partial charge in [-0.2, -0.15) is 0 Å². The van der Waals surface area contributed by atoms with Gasteiger partial charge in [-0.3, -0.25) is 14.7 Å². The maximum Gasteiger partial charge on any atom is 0.225 e. The monoisotopic (exact) mass is 342 g/mol. The van der Waals surface area contributed by atoms with E-state index >= 15 is 0 Å². The smallest absolute Gasteiger partial charge is 0.225 e. The van der Waals surface area contributed by atoms with Crippen molar-refractivity contribution in [3.8, 4) is 0 Å². The second-order valence-corrected chi connectivity index (χ2v) is 6.96. The third kappa shape index (κ3) is 4.45. The highest BCUT2D eigenvalue weighted by molar-refractivity contribution is 5.89. The lowest BCUT2D eigenvalue weighted by Crippen LogP contribution is -2.30. The summed E-state index contributed by atoms with van der Waals surface area (Å²) in [6.45, 7) is 7.64. The number of rotatable bonds is 6. The highest BCUT2D eigenvalue weighted by atomic mass is 16.5. The molecule has 1 N–H and O–H groups in total. The number of carbonyl (C=O) groups excluding carboxylic acids is 1. The summed E-state index contributed by atoms with van der Waals surface area (Å²) in [6.07, 6.45) is 4.91. The average Bonchev–Trinajstić information content (AvgIpc) is 3.23. The van der Waals surface area contributed by atoms with E-state index in [-0.39, 0.29) is 5.91 Å². The van der Waals surface area contributed by atoms with Crippen molar-refractivity contribution in [2.75, 3.05) is 11.9 Å². The van der Waals surface area contributed by atoms with Gasteiger partial charge in [-0.05, 0) is 64.3 Å². The molecule has 6 nitrogen and oxygen atoms in total. The lowest BCUT2D eigenvalue weighted by Gasteiger charge is -2.28. The molecule has 0 aliphatic carbocycles. The predicted octanol–water partition coefficient (Wildman–Crippen LogP) is 3.49. The molecule has 0 radical (unpaired) electrons. The molecule has 0 aromatic carbocycles. The van der Waals surface area contributed by atoms with Gasteiger partial charge >= 0.3 is 0 Å². The maximum atomic E-state index is 12.0. The molecule has 0 spiro atoms. The fraction of sp³-hybridized carbons (Fsp3) is 0.526. The number of amides is 1. The molecule has 0 saturated carbocycles. The number of nitrogens with zero attached hydrogens (tertiary/aromatic N) is 3. The van der Waals surface area contributed by atoms with E-state index in [0.717, 1.165) is 29.9 Å². The van der Waals surface area contributed by atoms with Crippen molar-refractivity contribution in [3.05, 3.63) is 41.4 Å². The Morgan fingerprint density at radius 3 is 3.00 bits per heavy atom. The summed E-state index contributed by atoms with van der Waals surface area (Å²) in [5, 5.41) is 6.42. The van der Waals surface area contributed by atoms with Gasteiger partial charge in [0, 0.05) is 24.2 Å². The number of hydrogen-bond donors (Lipinski definition) is 1. The van der Waals surface area contributed by atoms with Crippen molar-refractivity contribution in [3.63, 3.8) is 0 Å². The normalized spacial score (nSPS) is 18.0. The second-order valence-electron chi connectivity index (χ2n) is 6.96. The predicted molar refractivity (Wildman–Crippen MR) is 96.2 cm³/mol. The number of pyridine rings is 1. The topological polar surface area (TPSA) is 71.3 Å². The summed E-state index contributed by atoms with van der Waals surface area (Å²) in [7, 11) is 0. The lowest BCUT2D eigenvalue weighted by atomic mass is 10.0. The minimum Gasteiger partial charge on any atom is -0.363 e. The van der Waals surface area contributed by atoms with Crippen LogP contribution in [0, 0.1) is 6.92 Å². The van der Waals surface area contributed by atoms with Crippen LogP contribution in [0.2, 0.25) is 0 Å². The first-order valence-electron chi connectivity index (χ1n) is 8.96. The molecular weight excluding hydrogens is 316 g/mol. The van der Waals surface area contributed by atoms with Crippen molar-refractivity contribution in [1.82, 2.24) is 15.0 Å². The zero-order chi connectivity index (χ0) is 17.8. The number of anilines is 1. The second kappa shape index (κ2) is 7.78. The summed E-state index contributed by atoms with van der Waals surface area (Å²) < 4.78 is 4.72. The molecule has 1 saturated heterocycles. The standard InChI is InChI=1S/C19H26N4O2/c1-13(2)23-9-4-5-17(23)16-12-15(11-14(3)20-16)6-7-19(24)21-18-8-10-25-22-18/h8,10-13,17H,4-7,9H2,1-3H3,(H,21,22,24)/t17-/m0/s1. The van der Waals surface area contributed by atoms with Crippen LogP contribution in [-0.4, -0.2) is 33.5 Å². The minimum atomic E-state index is -0.0606. The van der Waals surface area contributed by atoms with Crippen molar-refractivity contribution in [2.24, 2.45) is 0 Å². The zero-order valence-corrected chi connectivity index (χ0v) is 15.2. The molecule has 134 valence electrons. The van der Waals surface area contributed by atoms with E-state index in [9.17, 15) is 4.79 Å². The molecule has 1 amide bonds. The van der Waals surface area contributed by atoms with Crippen LogP contribution in [0.3, 0.4) is 0 Å². The van der Waals surface area contributed by atoms with Crippen molar-refractivity contribution >= 4 is 11.7 Å². The Morgan fingerprint density at radius 2 is 2.28 bits per heavy atom. The first-order chi connectivity index (χ1) is 12.0. The van der Waals surface area contributed by atoms with Gasteiger partial charge in [0.05, 0.1) is 11.7 Å². The fourth-order valence-corrected chi connectivity index (χ4v) is 3.55. The van der Waals surface area contributed by atoms with Crippen LogP contribution in [0.4, 0.5) is 5.82 Å². The number of aryl methyl sites for hydroxylation is 2. The van der Waals surface area contributed by atoms with E-state index < -0.39 is 0 Å². The van der Waals surface area contributed by atoms with Crippen molar-refractivity contribution in [1.29, 1.82) is 0 Å². The van der Waals surface area contributed by atoms with Gasteiger partial charge in [0.25, 0.3) is 0 Å². The van der Waals surface area contributed by atoms with Gasteiger partial charge in [-0.15, -0.1) is 0 Å². The summed E-state index contributed by atoms with van der Waals surface area (Å²) in [4.78, 5) is 19.3. The quantitative estimate of drug-likeness (QED) is 0.870. The van der Waals surface area contributed by atoms with E-state index in [4.69, 9.17) is 9.51 Å². The third-order valence-corrected chi connectivity index (χ3v) is 4.68. The van der Waals surface area contributed by atoms with Gasteiger partial charge in [0.2, 0.25) is 5.91 Å². The molecule has 2 aromatic heterocycles. The van der Waals surface area contributed by atoms with E-state index in [1.54, 1.807) is 6.07 Å². The van der Waals surface area contributed by atoms with Crippen molar-refractivity contribution < 1.29 is 9.32 Å². The van der Waals surface area contributed by atoms with E-state index in [0.29, 0.717) is 30.7 Å². The number of nitrogens with one attached hydrogen (secondary N) is 1. The molecule has 1 fully saturated rings. The average molecular weight is 342 g/mol. The Hall–Kier alpha value is -2.21. The Bertz CT molecular complexity index is 712. The summed E-state index contributed by atoms with van der Waals surface area (Å²) in [5.41, 5.74) is 3.31. The molecule has 25 heavy (non-hydrogen) atoms. The van der Waals surface area contributed by atoms with E-state index in [2.05, 4.69) is 41.4 Å². The Kier molecular flexibility index (Phi) is 5.48. The van der Waals surface area contributed by atoms with Gasteiger partial charge in [0.15, 0.2) is 5.82 Å². The Morgan fingerprint density at radius 1 is 1.44 bits per heavy atom. The summed E-state index contributed by atoms with van der Waals surface area (Å²) >= 11 is 0. The first-order valence-corrected chi connectivity index (χ1v) is 8.96. The van der Waals surface area contributed by atoms with Crippen molar-refractivity contribution in [2.45, 2.75) is 58.5 Å². The molecule has 3 heterocycles. The van der Waals surface area contributed by atoms with Gasteiger partial charge in [-0.1, -0.05) is 5.16 Å². The molecular formula is C19H26N4O2. The van der Waals surface area contributed by atoms with Gasteiger partial charge in [0.1, 0.15) is 6.26 Å². The van der Waals surface area contributed by atoms with Crippen LogP contribution >= 0.6 is 0 Å². The molecule has 2 aromatic rings. The molecule has 3 rings (SSSR count). The van der Waals surface area contributed by atoms with Crippen LogP contribution in [0.15, 0.2) is 29.0 Å². The lowest BCUT2D eigenvalue weighted by molar-refractivity contribution is -0.116. The van der Waals surface area contributed by atoms with Crippen LogP contribution in [0.25, 0.3) is 0 Å². The molecule has 1 aliphatic rings. The van der Waals surface area contributed by atoms with E-state index in [1.807, 2.05) is 6.92 Å². The maximum absolute atomic E-state index is 12.0. The molecule has 1 atom stereocenters. The highest BCUT2D eigenvalue weighted by Crippen LogP contribution is 2.33. The zero-order valence-electron chi connectivity index (χ0n) is 15.2. The summed E-state index contributed by atoms with van der Waals surface area (Å²) in [5.74, 6) is 0.393. The van der Waals surface area contributed by atoms with Crippen LogP contribution in [0.5, 0.6) is 0 Å². The molecule has 6 heteroatoms. The number of carbonyl (C=O) groups is 1. The minimum absolute atomic E-state index is 0.0606.